The van der Waals surface area contributed by atoms with Gasteiger partial charge in [0.25, 0.3) is 0 Å². The smallest absolute Gasteiger partial charge is 0.244 e. The fourth-order valence-electron chi connectivity index (χ4n) is 4.42. The molecule has 1 aliphatic rings. The zero-order chi connectivity index (χ0) is 26.5. The third kappa shape index (κ3) is 7.14. The molecule has 1 N–H and O–H groups in total. The lowest BCUT2D eigenvalue weighted by Gasteiger charge is -2.33. The van der Waals surface area contributed by atoms with E-state index in [9.17, 15) is 18.0 Å². The summed E-state index contributed by atoms with van der Waals surface area (Å²) in [6.07, 6.45) is 6.13. The van der Waals surface area contributed by atoms with Gasteiger partial charge >= 0.3 is 0 Å². The van der Waals surface area contributed by atoms with Gasteiger partial charge < -0.3 is 10.2 Å². The van der Waals surface area contributed by atoms with E-state index in [0.717, 1.165) is 42.7 Å². The number of amides is 2. The Morgan fingerprint density at radius 3 is 2.31 bits per heavy atom. The molecule has 3 rings (SSSR count). The number of benzene rings is 2. The summed E-state index contributed by atoms with van der Waals surface area (Å²) < 4.78 is 26.5. The van der Waals surface area contributed by atoms with Gasteiger partial charge in [0, 0.05) is 22.6 Å². The predicted molar refractivity (Wildman–Crippen MR) is 145 cm³/mol. The summed E-state index contributed by atoms with van der Waals surface area (Å²) in [6, 6.07) is 11.2. The first-order valence-electron chi connectivity index (χ1n) is 12.0. The molecule has 2 amide bonds. The van der Waals surface area contributed by atoms with Crippen molar-refractivity contribution in [2.45, 2.75) is 64.6 Å². The number of carbonyl (C=O) groups is 2. The molecule has 1 aliphatic carbocycles. The molecule has 0 radical (unpaired) electrons. The Labute approximate surface area is 223 Å². The van der Waals surface area contributed by atoms with Crippen LogP contribution in [-0.4, -0.2) is 50.0 Å². The fraction of sp³-hybridized carbons (Fsp3) is 0.462. The third-order valence-corrected chi connectivity index (χ3v) is 8.51. The van der Waals surface area contributed by atoms with Crippen molar-refractivity contribution >= 4 is 50.7 Å². The molecular weight excluding hydrogens is 521 g/mol. The first-order chi connectivity index (χ1) is 17.0. The molecule has 10 heteroatoms. The highest BCUT2D eigenvalue weighted by atomic mass is 35.5. The van der Waals surface area contributed by atoms with Crippen LogP contribution >= 0.6 is 23.2 Å². The maximum absolute atomic E-state index is 13.7. The van der Waals surface area contributed by atoms with Gasteiger partial charge in [-0.2, -0.15) is 0 Å². The molecule has 0 heterocycles. The summed E-state index contributed by atoms with van der Waals surface area (Å²) in [5.41, 5.74) is 1.52. The molecule has 36 heavy (non-hydrogen) atoms. The van der Waals surface area contributed by atoms with E-state index < -0.39 is 28.5 Å². The second-order valence-corrected chi connectivity index (χ2v) is 12.0. The highest BCUT2D eigenvalue weighted by Gasteiger charge is 2.32. The maximum Gasteiger partial charge on any atom is 0.244 e. The Kier molecular flexibility index (Phi) is 9.66. The van der Waals surface area contributed by atoms with Crippen molar-refractivity contribution < 1.29 is 18.0 Å². The van der Waals surface area contributed by atoms with Crippen LogP contribution in [-0.2, 0) is 26.2 Å². The van der Waals surface area contributed by atoms with Crippen molar-refractivity contribution in [2.24, 2.45) is 0 Å². The predicted octanol–water partition coefficient (Wildman–Crippen LogP) is 4.93. The normalized spacial score (nSPS) is 15.2. The minimum absolute atomic E-state index is 0.0594. The lowest BCUT2D eigenvalue weighted by molar-refractivity contribution is -0.139. The summed E-state index contributed by atoms with van der Waals surface area (Å²) in [6.45, 7) is 2.93. The van der Waals surface area contributed by atoms with Crippen LogP contribution in [0.5, 0.6) is 0 Å². The molecule has 7 nitrogen and oxygen atoms in total. The van der Waals surface area contributed by atoms with Gasteiger partial charge in [0.2, 0.25) is 21.8 Å². The number of anilines is 1. The number of hydrogen-bond acceptors (Lipinski definition) is 4. The van der Waals surface area contributed by atoms with Crippen LogP contribution in [0.2, 0.25) is 10.0 Å². The highest BCUT2D eigenvalue weighted by Crippen LogP contribution is 2.29. The van der Waals surface area contributed by atoms with Gasteiger partial charge in [0.1, 0.15) is 12.6 Å². The molecule has 0 aromatic heterocycles. The van der Waals surface area contributed by atoms with E-state index in [-0.39, 0.29) is 18.5 Å². The van der Waals surface area contributed by atoms with Crippen LogP contribution in [0, 0.1) is 6.92 Å². The van der Waals surface area contributed by atoms with Crippen molar-refractivity contribution in [3.8, 4) is 0 Å². The number of halogens is 2. The van der Waals surface area contributed by atoms with Crippen molar-refractivity contribution in [2.75, 3.05) is 17.1 Å². The van der Waals surface area contributed by atoms with Crippen LogP contribution in [0.25, 0.3) is 0 Å². The molecular formula is C26H33Cl2N3O4S. The van der Waals surface area contributed by atoms with Gasteiger partial charge in [-0.15, -0.1) is 0 Å². The van der Waals surface area contributed by atoms with Gasteiger partial charge in [0.15, 0.2) is 0 Å². The van der Waals surface area contributed by atoms with Crippen molar-refractivity contribution in [1.82, 2.24) is 10.2 Å². The Morgan fingerprint density at radius 2 is 1.67 bits per heavy atom. The SMILES string of the molecule is Cc1c(Cl)cccc1N(CC(=O)N(Cc1ccccc1Cl)C(C)C(=O)NC1CCCCC1)S(C)(=O)=O. The Hall–Kier alpha value is -2.29. The number of carbonyl (C=O) groups excluding carboxylic acids is 2. The molecule has 0 aliphatic heterocycles. The lowest BCUT2D eigenvalue weighted by atomic mass is 9.95. The summed E-state index contributed by atoms with van der Waals surface area (Å²) in [5.74, 6) is -0.793. The number of rotatable bonds is 9. The van der Waals surface area contributed by atoms with Crippen LogP contribution in [0.4, 0.5) is 5.69 Å². The van der Waals surface area contributed by atoms with Gasteiger partial charge in [-0.1, -0.05) is 66.7 Å². The Balaban J connectivity index is 1.91. The summed E-state index contributed by atoms with van der Waals surface area (Å²) >= 11 is 12.6. The van der Waals surface area contributed by atoms with Crippen molar-refractivity contribution in [1.29, 1.82) is 0 Å². The molecule has 0 saturated heterocycles. The number of nitrogens with one attached hydrogen (secondary N) is 1. The highest BCUT2D eigenvalue weighted by molar-refractivity contribution is 7.92. The van der Waals surface area contributed by atoms with E-state index >= 15 is 0 Å². The summed E-state index contributed by atoms with van der Waals surface area (Å²) in [4.78, 5) is 28.3. The standard InChI is InChI=1S/C26H33Cl2N3O4S/c1-18-22(27)14-9-15-24(18)31(36(3,34)35)17-25(32)30(16-20-10-7-8-13-23(20)28)19(2)26(33)29-21-11-5-4-6-12-21/h7-10,13-15,19,21H,4-6,11-12,16-17H2,1-3H3,(H,29,33). The average Bonchev–Trinajstić information content (AvgIpc) is 2.83. The van der Waals surface area contributed by atoms with E-state index in [0.29, 0.717) is 26.9 Å². The van der Waals surface area contributed by atoms with Crippen LogP contribution < -0.4 is 9.62 Å². The van der Waals surface area contributed by atoms with E-state index in [2.05, 4.69) is 5.32 Å². The minimum atomic E-state index is -3.83. The largest absolute Gasteiger partial charge is 0.352 e. The quantitative estimate of drug-likeness (QED) is 0.476. The van der Waals surface area contributed by atoms with E-state index in [1.54, 1.807) is 56.3 Å². The second kappa shape index (κ2) is 12.3. The molecule has 1 unspecified atom stereocenters. The maximum atomic E-state index is 13.7. The molecule has 1 atom stereocenters. The first kappa shape index (κ1) is 28.3. The minimum Gasteiger partial charge on any atom is -0.352 e. The Bertz CT molecular complexity index is 1200. The first-order valence-corrected chi connectivity index (χ1v) is 14.7. The van der Waals surface area contributed by atoms with Gasteiger partial charge in [-0.3, -0.25) is 13.9 Å². The monoisotopic (exact) mass is 553 g/mol. The van der Waals surface area contributed by atoms with Gasteiger partial charge in [-0.05, 0) is 56.0 Å². The molecule has 1 fully saturated rings. The number of hydrogen-bond donors (Lipinski definition) is 1. The summed E-state index contributed by atoms with van der Waals surface area (Å²) in [5, 5.41) is 3.92. The topological polar surface area (TPSA) is 86.8 Å². The van der Waals surface area contributed by atoms with Crippen LogP contribution in [0.1, 0.15) is 50.2 Å². The molecule has 1 saturated carbocycles. The molecule has 0 bridgehead atoms. The third-order valence-electron chi connectivity index (χ3n) is 6.60. The molecule has 2 aromatic carbocycles. The van der Waals surface area contributed by atoms with Crippen LogP contribution in [0.3, 0.4) is 0 Å². The van der Waals surface area contributed by atoms with E-state index in [1.165, 1.54) is 4.90 Å². The Morgan fingerprint density at radius 1 is 1.03 bits per heavy atom. The van der Waals surface area contributed by atoms with E-state index in [4.69, 9.17) is 23.2 Å². The summed E-state index contributed by atoms with van der Waals surface area (Å²) in [7, 11) is -3.83. The molecule has 0 spiro atoms. The van der Waals surface area contributed by atoms with Gasteiger partial charge in [0.05, 0.1) is 11.9 Å². The number of nitrogens with zero attached hydrogens (tertiary/aromatic N) is 2. The zero-order valence-electron chi connectivity index (χ0n) is 20.8. The van der Waals surface area contributed by atoms with Crippen molar-refractivity contribution in [3.05, 3.63) is 63.6 Å². The average molecular weight is 555 g/mol. The lowest BCUT2D eigenvalue weighted by Crippen LogP contribution is -2.53. The van der Waals surface area contributed by atoms with Crippen molar-refractivity contribution in [3.63, 3.8) is 0 Å². The second-order valence-electron chi connectivity index (χ2n) is 9.29. The van der Waals surface area contributed by atoms with Crippen LogP contribution in [0.15, 0.2) is 42.5 Å². The zero-order valence-corrected chi connectivity index (χ0v) is 23.2. The van der Waals surface area contributed by atoms with E-state index in [1.807, 2.05) is 0 Å². The van der Waals surface area contributed by atoms with Gasteiger partial charge in [-0.25, -0.2) is 8.42 Å². The molecule has 196 valence electrons. The molecule has 2 aromatic rings. The fourth-order valence-corrected chi connectivity index (χ4v) is 5.69. The number of sulfonamides is 1.